The van der Waals surface area contributed by atoms with Crippen LogP contribution in [0.15, 0.2) is 52.4 Å². The molecule has 0 radical (unpaired) electrons. The fourth-order valence-electron chi connectivity index (χ4n) is 3.47. The van der Waals surface area contributed by atoms with Gasteiger partial charge in [0.1, 0.15) is 18.5 Å². The number of sulfonamides is 1. The van der Waals surface area contributed by atoms with Crippen LogP contribution in [0.1, 0.15) is 30.4 Å². The van der Waals surface area contributed by atoms with Gasteiger partial charge in [0.25, 0.3) is 5.56 Å². The maximum atomic E-state index is 13.0. The maximum Gasteiger partial charge on any atom is 0.275 e. The second kappa shape index (κ2) is 13.3. The van der Waals surface area contributed by atoms with Crippen molar-refractivity contribution < 1.29 is 18.0 Å². The third-order valence-electron chi connectivity index (χ3n) is 5.09. The van der Waals surface area contributed by atoms with E-state index in [2.05, 4.69) is 15.0 Å². The van der Waals surface area contributed by atoms with Crippen LogP contribution in [0.5, 0.6) is 0 Å². The number of amides is 1. The van der Waals surface area contributed by atoms with Crippen LogP contribution in [-0.2, 0) is 39.0 Å². The number of nitrogens with one attached hydrogen (secondary N) is 2. The molecule has 0 aliphatic carbocycles. The Balaban J connectivity index is 2.10. The molecule has 2 rings (SSSR count). The lowest BCUT2D eigenvalue weighted by Crippen LogP contribution is -2.40. The van der Waals surface area contributed by atoms with Gasteiger partial charge < -0.3 is 26.1 Å². The Morgan fingerprint density at radius 1 is 1.14 bits per heavy atom. The van der Waals surface area contributed by atoms with Gasteiger partial charge in [-0.1, -0.05) is 30.3 Å². The summed E-state index contributed by atoms with van der Waals surface area (Å²) in [6, 6.07) is 10.7. The fraction of sp³-hybridized carbons (Fsp3) is 0.391. The number of aldehydes is 1. The molecule has 1 aromatic carbocycles. The lowest BCUT2D eigenvalue weighted by Gasteiger charge is -2.15. The zero-order valence-electron chi connectivity index (χ0n) is 19.6. The molecule has 1 aromatic heterocycles. The monoisotopic (exact) mass is 504 g/mol. The normalized spacial score (nSPS) is 11.9. The highest BCUT2D eigenvalue weighted by atomic mass is 32.2. The second-order valence-electron chi connectivity index (χ2n) is 8.12. The molecule has 2 aromatic rings. The van der Waals surface area contributed by atoms with E-state index in [1.165, 1.54) is 6.20 Å². The van der Waals surface area contributed by atoms with Crippen LogP contribution in [0.2, 0.25) is 0 Å². The predicted octanol–water partition coefficient (Wildman–Crippen LogP) is 0.132. The van der Waals surface area contributed by atoms with E-state index in [0.29, 0.717) is 44.1 Å². The van der Waals surface area contributed by atoms with Crippen molar-refractivity contribution in [3.05, 3.63) is 64.1 Å². The fourth-order valence-corrected chi connectivity index (χ4v) is 4.06. The molecule has 1 heterocycles. The molecule has 0 bridgehead atoms. The number of nitrogens with two attached hydrogens (primary N) is 2. The molecule has 0 spiro atoms. The standard InChI is InChI=1S/C23H32N6O5S/c1-35(33,34)28-21-18(10-5-9-17-7-3-2-4-8-17)12-14-29(22(21)32)15-20(31)27-19(16-30)11-6-13-26-23(24)25/h2-4,7-8,12,14,16,19,28H,5-6,9-11,13,15H2,1H3,(H,27,31)(H4,24,25,26)/t19-/m0/s1. The Hall–Kier alpha value is -3.67. The number of nitrogens with zero attached hydrogens (tertiary/aromatic N) is 2. The van der Waals surface area contributed by atoms with Gasteiger partial charge in [0.2, 0.25) is 15.9 Å². The van der Waals surface area contributed by atoms with E-state index < -0.39 is 27.5 Å². The third-order valence-corrected chi connectivity index (χ3v) is 5.66. The number of aliphatic imine (C=N–C) groups is 1. The SMILES string of the molecule is CS(=O)(=O)Nc1c(CCCc2ccccc2)ccn(CC(=O)N[C@H](C=O)CCCN=C(N)N)c1=O. The van der Waals surface area contributed by atoms with Crippen LogP contribution >= 0.6 is 0 Å². The quantitative estimate of drug-likeness (QED) is 0.122. The van der Waals surface area contributed by atoms with Gasteiger partial charge in [0.15, 0.2) is 5.96 Å². The second-order valence-corrected chi connectivity index (χ2v) is 9.87. The molecule has 0 unspecified atom stereocenters. The molecule has 6 N–H and O–H groups in total. The van der Waals surface area contributed by atoms with Crippen LogP contribution in [0.25, 0.3) is 0 Å². The lowest BCUT2D eigenvalue weighted by atomic mass is 10.0. The molecule has 0 aliphatic heterocycles. The van der Waals surface area contributed by atoms with Crippen LogP contribution in [-0.4, -0.2) is 50.0 Å². The van der Waals surface area contributed by atoms with Crippen LogP contribution < -0.4 is 27.1 Å². The zero-order chi connectivity index (χ0) is 25.8. The number of benzene rings is 1. The molecule has 1 atom stereocenters. The number of carbonyl (C=O) groups excluding carboxylic acids is 2. The summed E-state index contributed by atoms with van der Waals surface area (Å²) in [6.45, 7) is -0.0614. The minimum atomic E-state index is -3.73. The highest BCUT2D eigenvalue weighted by Gasteiger charge is 2.17. The number of carbonyl (C=O) groups is 2. The number of hydrogen-bond acceptors (Lipinski definition) is 6. The number of hydrogen-bond donors (Lipinski definition) is 4. The van der Waals surface area contributed by atoms with E-state index in [9.17, 15) is 22.8 Å². The Bertz CT molecular complexity index is 1190. The molecule has 35 heavy (non-hydrogen) atoms. The van der Waals surface area contributed by atoms with Crippen molar-refractivity contribution in [2.24, 2.45) is 16.5 Å². The van der Waals surface area contributed by atoms with Crippen molar-refractivity contribution >= 4 is 33.9 Å². The molecular weight excluding hydrogens is 472 g/mol. The molecule has 0 fully saturated rings. The van der Waals surface area contributed by atoms with E-state index in [-0.39, 0.29) is 18.2 Å². The highest BCUT2D eigenvalue weighted by molar-refractivity contribution is 7.92. The molecule has 190 valence electrons. The van der Waals surface area contributed by atoms with Crippen molar-refractivity contribution in [3.63, 3.8) is 0 Å². The van der Waals surface area contributed by atoms with Gasteiger partial charge >= 0.3 is 0 Å². The number of anilines is 1. The Labute approximate surface area is 204 Å². The first-order valence-electron chi connectivity index (χ1n) is 11.1. The smallest absolute Gasteiger partial charge is 0.275 e. The van der Waals surface area contributed by atoms with Crippen molar-refractivity contribution in [1.82, 2.24) is 9.88 Å². The average Bonchev–Trinajstić information content (AvgIpc) is 2.79. The number of aromatic nitrogens is 1. The van der Waals surface area contributed by atoms with Crippen molar-refractivity contribution in [2.45, 2.75) is 44.7 Å². The van der Waals surface area contributed by atoms with Crippen molar-refractivity contribution in [2.75, 3.05) is 17.5 Å². The summed E-state index contributed by atoms with van der Waals surface area (Å²) >= 11 is 0. The summed E-state index contributed by atoms with van der Waals surface area (Å²) in [5.41, 5.74) is 11.5. The summed E-state index contributed by atoms with van der Waals surface area (Å²) in [4.78, 5) is 40.6. The lowest BCUT2D eigenvalue weighted by molar-refractivity contribution is -0.124. The van der Waals surface area contributed by atoms with Crippen molar-refractivity contribution in [1.29, 1.82) is 0 Å². The summed E-state index contributed by atoms with van der Waals surface area (Å²) in [5.74, 6) is -0.619. The Kier molecular flexibility index (Phi) is 10.5. The summed E-state index contributed by atoms with van der Waals surface area (Å²) in [7, 11) is -3.73. The van der Waals surface area contributed by atoms with E-state index in [1.807, 2.05) is 30.3 Å². The Morgan fingerprint density at radius 2 is 1.86 bits per heavy atom. The molecule has 12 heteroatoms. The molecule has 0 saturated heterocycles. The third kappa shape index (κ3) is 10.0. The van der Waals surface area contributed by atoms with Gasteiger partial charge in [-0.2, -0.15) is 0 Å². The maximum absolute atomic E-state index is 13.0. The van der Waals surface area contributed by atoms with E-state index in [1.54, 1.807) is 6.07 Å². The van der Waals surface area contributed by atoms with E-state index in [4.69, 9.17) is 11.5 Å². The molecule has 0 saturated carbocycles. The topological polar surface area (TPSA) is 179 Å². The predicted molar refractivity (Wildman–Crippen MR) is 136 cm³/mol. The van der Waals surface area contributed by atoms with Gasteiger partial charge in [-0.15, -0.1) is 0 Å². The van der Waals surface area contributed by atoms with Gasteiger partial charge in [-0.05, 0) is 49.3 Å². The van der Waals surface area contributed by atoms with Crippen LogP contribution in [0.3, 0.4) is 0 Å². The largest absolute Gasteiger partial charge is 0.370 e. The number of rotatable bonds is 14. The number of aryl methyl sites for hydroxylation is 2. The molecular formula is C23H32N6O5S. The van der Waals surface area contributed by atoms with Gasteiger partial charge in [-0.3, -0.25) is 19.3 Å². The zero-order valence-corrected chi connectivity index (χ0v) is 20.5. The average molecular weight is 505 g/mol. The molecule has 1 amide bonds. The van der Waals surface area contributed by atoms with Gasteiger partial charge in [-0.25, -0.2) is 8.42 Å². The minimum absolute atomic E-state index is 0.0573. The van der Waals surface area contributed by atoms with Gasteiger partial charge in [0, 0.05) is 12.7 Å². The summed E-state index contributed by atoms with van der Waals surface area (Å²) < 4.78 is 27.2. The summed E-state index contributed by atoms with van der Waals surface area (Å²) in [6.07, 6.45) is 5.74. The first kappa shape index (κ1) is 27.6. The number of guanidine groups is 1. The van der Waals surface area contributed by atoms with Crippen LogP contribution in [0.4, 0.5) is 5.69 Å². The van der Waals surface area contributed by atoms with Crippen LogP contribution in [0, 0.1) is 0 Å². The first-order chi connectivity index (χ1) is 16.6. The molecule has 0 aliphatic rings. The molecule has 11 nitrogen and oxygen atoms in total. The van der Waals surface area contributed by atoms with Crippen molar-refractivity contribution in [3.8, 4) is 0 Å². The number of pyridine rings is 1. The first-order valence-corrected chi connectivity index (χ1v) is 13.0. The Morgan fingerprint density at radius 3 is 2.49 bits per heavy atom. The van der Waals surface area contributed by atoms with Gasteiger partial charge in [0.05, 0.1) is 12.3 Å². The van der Waals surface area contributed by atoms with E-state index in [0.717, 1.165) is 22.8 Å². The summed E-state index contributed by atoms with van der Waals surface area (Å²) in [5, 5.41) is 2.55. The highest BCUT2D eigenvalue weighted by Crippen LogP contribution is 2.16. The minimum Gasteiger partial charge on any atom is -0.370 e. The van der Waals surface area contributed by atoms with E-state index >= 15 is 0 Å².